The van der Waals surface area contributed by atoms with Crippen LogP contribution in [-0.4, -0.2) is 32.0 Å². The van der Waals surface area contributed by atoms with Crippen LogP contribution in [0.2, 0.25) is 0 Å². The molecule has 0 aliphatic carbocycles. The minimum atomic E-state index is -3.26. The summed E-state index contributed by atoms with van der Waals surface area (Å²) in [6, 6.07) is 6.39. The van der Waals surface area contributed by atoms with Gasteiger partial charge in [0.1, 0.15) is 0 Å². The number of hydrogen-bond acceptors (Lipinski definition) is 4. The maximum atomic E-state index is 12.4. The van der Waals surface area contributed by atoms with Gasteiger partial charge in [0.15, 0.2) is 9.84 Å². The molecule has 1 aromatic rings. The lowest BCUT2D eigenvalue weighted by Crippen LogP contribution is -2.40. The highest BCUT2D eigenvalue weighted by atomic mass is 32.2. The van der Waals surface area contributed by atoms with Crippen molar-refractivity contribution in [3.63, 3.8) is 0 Å². The molecule has 0 unspecified atom stereocenters. The first-order valence-corrected chi connectivity index (χ1v) is 10.0. The monoisotopic (exact) mass is 350 g/mol. The molecule has 1 fully saturated rings. The van der Waals surface area contributed by atoms with Gasteiger partial charge in [0.25, 0.3) is 0 Å². The molecule has 130 valence electrons. The Balaban J connectivity index is 1.68. The fourth-order valence-corrected chi connectivity index (χ4v) is 5.04. The second-order valence-corrected chi connectivity index (χ2v) is 8.56. The van der Waals surface area contributed by atoms with Crippen LogP contribution in [0.5, 0.6) is 0 Å². The zero-order valence-corrected chi connectivity index (χ0v) is 14.3. The van der Waals surface area contributed by atoms with Gasteiger partial charge in [-0.25, -0.2) is 8.42 Å². The minimum Gasteiger partial charge on any atom is -0.353 e. The first-order valence-electron chi connectivity index (χ1n) is 8.36. The Morgan fingerprint density at radius 3 is 2.83 bits per heavy atom. The van der Waals surface area contributed by atoms with E-state index in [1.54, 1.807) is 24.3 Å². The molecule has 0 radical (unpaired) electrons. The highest BCUT2D eigenvalue weighted by Gasteiger charge is 2.31. The summed E-state index contributed by atoms with van der Waals surface area (Å²) in [4.78, 5) is 24.3. The molecule has 0 aromatic heterocycles. The topological polar surface area (TPSA) is 92.3 Å². The number of sulfone groups is 1. The van der Waals surface area contributed by atoms with Crippen LogP contribution in [0, 0.1) is 0 Å². The molecule has 3 rings (SSSR count). The second kappa shape index (κ2) is 6.93. The molecular formula is C17H22N2O4S. The van der Waals surface area contributed by atoms with E-state index in [1.165, 1.54) is 0 Å². The van der Waals surface area contributed by atoms with Gasteiger partial charge in [-0.1, -0.05) is 24.6 Å². The van der Waals surface area contributed by atoms with Crippen molar-refractivity contribution in [1.82, 2.24) is 10.6 Å². The number of benzene rings is 1. The Morgan fingerprint density at radius 2 is 2.00 bits per heavy atom. The molecule has 6 nitrogen and oxygen atoms in total. The van der Waals surface area contributed by atoms with Crippen molar-refractivity contribution in [2.75, 3.05) is 5.75 Å². The van der Waals surface area contributed by atoms with Gasteiger partial charge in [0.05, 0.1) is 16.7 Å². The van der Waals surface area contributed by atoms with Gasteiger partial charge in [0, 0.05) is 18.9 Å². The molecule has 7 heteroatoms. The van der Waals surface area contributed by atoms with Gasteiger partial charge in [-0.2, -0.15) is 0 Å². The van der Waals surface area contributed by atoms with Crippen LogP contribution < -0.4 is 10.6 Å². The van der Waals surface area contributed by atoms with E-state index in [9.17, 15) is 18.0 Å². The summed E-state index contributed by atoms with van der Waals surface area (Å²) in [5, 5.41) is 5.82. The van der Waals surface area contributed by atoms with Crippen molar-refractivity contribution in [2.24, 2.45) is 0 Å². The maximum absolute atomic E-state index is 12.4. The fourth-order valence-electron chi connectivity index (χ4n) is 3.42. The van der Waals surface area contributed by atoms with Gasteiger partial charge >= 0.3 is 0 Å². The van der Waals surface area contributed by atoms with E-state index >= 15 is 0 Å². The van der Waals surface area contributed by atoms with Crippen LogP contribution in [0.3, 0.4) is 0 Å². The summed E-state index contributed by atoms with van der Waals surface area (Å²) in [6.45, 7) is 0. The average Bonchev–Trinajstić information content (AvgIpc) is 2.74. The summed E-state index contributed by atoms with van der Waals surface area (Å²) in [7, 11) is -3.26. The number of carbonyl (C=O) groups is 2. The van der Waals surface area contributed by atoms with Gasteiger partial charge in [-0.15, -0.1) is 0 Å². The van der Waals surface area contributed by atoms with E-state index in [2.05, 4.69) is 10.6 Å². The van der Waals surface area contributed by atoms with E-state index in [1.807, 2.05) is 0 Å². The van der Waals surface area contributed by atoms with Gasteiger partial charge < -0.3 is 10.6 Å². The summed E-state index contributed by atoms with van der Waals surface area (Å²) >= 11 is 0. The van der Waals surface area contributed by atoms with Crippen LogP contribution in [0.4, 0.5) is 0 Å². The van der Waals surface area contributed by atoms with Crippen molar-refractivity contribution in [3.05, 3.63) is 29.8 Å². The van der Waals surface area contributed by atoms with E-state index in [0.717, 1.165) is 19.3 Å². The molecule has 0 bridgehead atoms. The molecule has 0 spiro atoms. The van der Waals surface area contributed by atoms with Crippen molar-refractivity contribution in [3.8, 4) is 0 Å². The van der Waals surface area contributed by atoms with Crippen LogP contribution >= 0.6 is 0 Å². The Morgan fingerprint density at radius 1 is 1.21 bits per heavy atom. The molecule has 2 aliphatic heterocycles. The largest absolute Gasteiger partial charge is 0.353 e. The third-order valence-electron chi connectivity index (χ3n) is 4.64. The van der Waals surface area contributed by atoms with E-state index < -0.39 is 9.84 Å². The standard InChI is InChI=1S/C17H22N2O4S/c20-16-8-4-1-5-12(18-16)11-17(21)19-14-9-10-24(22,23)15-7-3-2-6-13(14)15/h2-3,6-7,12,14H,1,4-5,8-11H2,(H,18,20)(H,19,21)/t12-,14-/m1/s1. The third-order valence-corrected chi connectivity index (χ3v) is 6.46. The van der Waals surface area contributed by atoms with Gasteiger partial charge in [-0.3, -0.25) is 9.59 Å². The first-order chi connectivity index (χ1) is 11.5. The van der Waals surface area contributed by atoms with Crippen LogP contribution in [0.1, 0.15) is 50.1 Å². The lowest BCUT2D eigenvalue weighted by Gasteiger charge is -2.27. The normalized spacial score (nSPS) is 25.9. The lowest BCUT2D eigenvalue weighted by molar-refractivity contribution is -0.123. The summed E-state index contributed by atoms with van der Waals surface area (Å²) in [5.41, 5.74) is 0.655. The average molecular weight is 350 g/mol. The predicted molar refractivity (Wildman–Crippen MR) is 89.0 cm³/mol. The zero-order valence-electron chi connectivity index (χ0n) is 13.5. The van der Waals surface area contributed by atoms with Crippen LogP contribution in [0.25, 0.3) is 0 Å². The molecule has 1 aromatic carbocycles. The number of carbonyl (C=O) groups excluding carboxylic acids is 2. The first kappa shape index (κ1) is 17.0. The summed E-state index contributed by atoms with van der Waals surface area (Å²) < 4.78 is 24.3. The second-order valence-electron chi connectivity index (χ2n) is 6.48. The predicted octanol–water partition coefficient (Wildman–Crippen LogP) is 1.47. The van der Waals surface area contributed by atoms with E-state index in [-0.39, 0.29) is 36.1 Å². The molecule has 2 N–H and O–H groups in total. The van der Waals surface area contributed by atoms with Crippen molar-refractivity contribution in [1.29, 1.82) is 0 Å². The summed E-state index contributed by atoms with van der Waals surface area (Å²) in [5.74, 6) is -0.115. The molecule has 1 saturated heterocycles. The molecule has 2 atom stereocenters. The smallest absolute Gasteiger partial charge is 0.222 e. The van der Waals surface area contributed by atoms with Crippen LogP contribution in [0.15, 0.2) is 29.2 Å². The molecule has 24 heavy (non-hydrogen) atoms. The number of amides is 2. The van der Waals surface area contributed by atoms with Crippen molar-refractivity contribution < 1.29 is 18.0 Å². The molecule has 2 aliphatic rings. The SMILES string of the molecule is O=C1CCCC[C@H](CC(=O)N[C@@H]2CCS(=O)(=O)c3ccccc32)N1. The molecule has 0 saturated carbocycles. The molecular weight excluding hydrogens is 328 g/mol. The summed E-state index contributed by atoms with van der Waals surface area (Å²) in [6.07, 6.45) is 3.72. The van der Waals surface area contributed by atoms with Gasteiger partial charge in [0.2, 0.25) is 11.8 Å². The third kappa shape index (κ3) is 3.77. The van der Waals surface area contributed by atoms with E-state index in [0.29, 0.717) is 23.3 Å². The van der Waals surface area contributed by atoms with Gasteiger partial charge in [-0.05, 0) is 30.9 Å². The number of nitrogens with one attached hydrogen (secondary N) is 2. The Hall–Kier alpha value is -1.89. The quantitative estimate of drug-likeness (QED) is 0.863. The number of fused-ring (bicyclic) bond motifs is 1. The fraction of sp³-hybridized carbons (Fsp3) is 0.529. The van der Waals surface area contributed by atoms with Crippen molar-refractivity contribution in [2.45, 2.75) is 55.5 Å². The van der Waals surface area contributed by atoms with E-state index in [4.69, 9.17) is 0 Å². The van der Waals surface area contributed by atoms with Crippen LogP contribution in [-0.2, 0) is 19.4 Å². The highest BCUT2D eigenvalue weighted by Crippen LogP contribution is 2.31. The Bertz CT molecular complexity index is 745. The molecule has 2 amide bonds. The minimum absolute atomic E-state index is 0.000551. The Labute approximate surface area is 141 Å². The lowest BCUT2D eigenvalue weighted by atomic mass is 10.0. The number of rotatable bonds is 3. The number of hydrogen-bond donors (Lipinski definition) is 2. The Kier molecular flexibility index (Phi) is 4.89. The highest BCUT2D eigenvalue weighted by molar-refractivity contribution is 7.91. The van der Waals surface area contributed by atoms with Crippen molar-refractivity contribution >= 4 is 21.7 Å². The zero-order chi connectivity index (χ0) is 17.2. The molecule has 2 heterocycles. The maximum Gasteiger partial charge on any atom is 0.222 e.